The van der Waals surface area contributed by atoms with Gasteiger partial charge in [0.2, 0.25) is 0 Å². The fourth-order valence-electron chi connectivity index (χ4n) is 1.75. The van der Waals surface area contributed by atoms with Crippen molar-refractivity contribution >= 4 is 21.6 Å². The predicted octanol–water partition coefficient (Wildman–Crippen LogP) is 3.03. The van der Waals surface area contributed by atoms with Crippen LogP contribution in [0, 0.1) is 11.3 Å². The van der Waals surface area contributed by atoms with Crippen LogP contribution in [-0.2, 0) is 0 Å². The molecule has 0 aliphatic rings. The van der Waals surface area contributed by atoms with Gasteiger partial charge in [0.25, 0.3) is 0 Å². The normalized spacial score (nSPS) is 10.4. The molecule has 3 rings (SSSR count). The standard InChI is InChI=1S/C13H7BrN4/c14-12-7-17-13-4-2-10(8-18(12)13)9-1-3-11(5-15)16-6-9/h1-4,6-8H. The highest BCUT2D eigenvalue weighted by molar-refractivity contribution is 9.10. The first-order chi connectivity index (χ1) is 8.78. The first-order valence-corrected chi connectivity index (χ1v) is 6.06. The second-order valence-corrected chi connectivity index (χ2v) is 4.58. The molecule has 18 heavy (non-hydrogen) atoms. The van der Waals surface area contributed by atoms with Gasteiger partial charge in [-0.15, -0.1) is 0 Å². The van der Waals surface area contributed by atoms with Crippen LogP contribution in [0.3, 0.4) is 0 Å². The quantitative estimate of drug-likeness (QED) is 0.694. The highest BCUT2D eigenvalue weighted by Crippen LogP contribution is 2.21. The van der Waals surface area contributed by atoms with E-state index in [1.54, 1.807) is 18.5 Å². The third kappa shape index (κ3) is 1.77. The molecular formula is C13H7BrN4. The van der Waals surface area contributed by atoms with Gasteiger partial charge in [0.15, 0.2) is 0 Å². The first kappa shape index (κ1) is 10.9. The highest BCUT2D eigenvalue weighted by Gasteiger charge is 2.03. The van der Waals surface area contributed by atoms with Gasteiger partial charge in [0.1, 0.15) is 22.0 Å². The van der Waals surface area contributed by atoms with E-state index in [4.69, 9.17) is 5.26 Å². The fraction of sp³-hybridized carbons (Fsp3) is 0. The van der Waals surface area contributed by atoms with E-state index < -0.39 is 0 Å². The van der Waals surface area contributed by atoms with Crippen LogP contribution in [0.25, 0.3) is 16.8 Å². The topological polar surface area (TPSA) is 54.0 Å². The number of fused-ring (bicyclic) bond motifs is 1. The molecule has 0 radical (unpaired) electrons. The molecule has 0 atom stereocenters. The summed E-state index contributed by atoms with van der Waals surface area (Å²) in [7, 11) is 0. The lowest BCUT2D eigenvalue weighted by molar-refractivity contribution is 1.15. The molecule has 3 heterocycles. The van der Waals surface area contributed by atoms with Crippen molar-refractivity contribution in [1.29, 1.82) is 5.26 Å². The summed E-state index contributed by atoms with van der Waals surface area (Å²) in [6.45, 7) is 0. The number of aromatic nitrogens is 3. The molecule has 3 aromatic rings. The van der Waals surface area contributed by atoms with Crippen LogP contribution in [-0.4, -0.2) is 14.4 Å². The molecule has 0 fully saturated rings. The predicted molar refractivity (Wildman–Crippen MR) is 70.8 cm³/mol. The Balaban J connectivity index is 2.13. The summed E-state index contributed by atoms with van der Waals surface area (Å²) in [5.74, 6) is 0. The maximum Gasteiger partial charge on any atom is 0.140 e. The molecule has 86 valence electrons. The van der Waals surface area contributed by atoms with Crippen LogP contribution in [0.1, 0.15) is 5.69 Å². The third-order valence-electron chi connectivity index (χ3n) is 2.67. The Hall–Kier alpha value is -2.19. The second-order valence-electron chi connectivity index (χ2n) is 3.77. The van der Waals surface area contributed by atoms with Crippen molar-refractivity contribution in [3.63, 3.8) is 0 Å². The summed E-state index contributed by atoms with van der Waals surface area (Å²) in [6, 6.07) is 9.53. The SMILES string of the molecule is N#Cc1ccc(-c2ccc3ncc(Br)n3c2)cn1. The van der Waals surface area contributed by atoms with Gasteiger partial charge in [0.05, 0.1) is 6.20 Å². The van der Waals surface area contributed by atoms with Crippen molar-refractivity contribution < 1.29 is 0 Å². The van der Waals surface area contributed by atoms with Gasteiger partial charge in [-0.2, -0.15) is 5.26 Å². The number of pyridine rings is 2. The van der Waals surface area contributed by atoms with E-state index in [-0.39, 0.29) is 0 Å². The van der Waals surface area contributed by atoms with Crippen LogP contribution >= 0.6 is 15.9 Å². The van der Waals surface area contributed by atoms with Crippen LogP contribution in [0.15, 0.2) is 47.5 Å². The van der Waals surface area contributed by atoms with Crippen molar-refractivity contribution in [2.45, 2.75) is 0 Å². The molecule has 0 spiro atoms. The lowest BCUT2D eigenvalue weighted by Gasteiger charge is -2.03. The first-order valence-electron chi connectivity index (χ1n) is 5.27. The lowest BCUT2D eigenvalue weighted by atomic mass is 10.1. The molecule has 5 heteroatoms. The molecule has 0 saturated heterocycles. The highest BCUT2D eigenvalue weighted by atomic mass is 79.9. The summed E-state index contributed by atoms with van der Waals surface area (Å²) < 4.78 is 2.86. The van der Waals surface area contributed by atoms with Crippen molar-refractivity contribution in [2.75, 3.05) is 0 Å². The zero-order valence-electron chi connectivity index (χ0n) is 9.21. The number of halogens is 1. The zero-order valence-corrected chi connectivity index (χ0v) is 10.8. The molecule has 0 bridgehead atoms. The number of hydrogen-bond acceptors (Lipinski definition) is 3. The lowest BCUT2D eigenvalue weighted by Crippen LogP contribution is -1.88. The zero-order chi connectivity index (χ0) is 12.5. The maximum atomic E-state index is 8.72. The summed E-state index contributed by atoms with van der Waals surface area (Å²) >= 11 is 3.44. The minimum Gasteiger partial charge on any atom is -0.294 e. The number of rotatable bonds is 1. The molecule has 3 aromatic heterocycles. The third-order valence-corrected chi connectivity index (χ3v) is 3.26. The Bertz CT molecular complexity index is 753. The van der Waals surface area contributed by atoms with E-state index in [1.807, 2.05) is 34.9 Å². The molecule has 0 aliphatic carbocycles. The summed E-state index contributed by atoms with van der Waals surface area (Å²) in [5, 5.41) is 8.72. The Morgan fingerprint density at radius 3 is 2.61 bits per heavy atom. The molecule has 0 unspecified atom stereocenters. The molecular weight excluding hydrogens is 292 g/mol. The Labute approximate surface area is 112 Å². The minimum atomic E-state index is 0.420. The second kappa shape index (κ2) is 4.24. The van der Waals surface area contributed by atoms with Crippen molar-refractivity contribution in [3.8, 4) is 17.2 Å². The van der Waals surface area contributed by atoms with E-state index in [9.17, 15) is 0 Å². The van der Waals surface area contributed by atoms with E-state index in [1.165, 1.54) is 0 Å². The molecule has 0 amide bonds. The van der Waals surface area contributed by atoms with Crippen molar-refractivity contribution in [1.82, 2.24) is 14.4 Å². The van der Waals surface area contributed by atoms with Gasteiger partial charge < -0.3 is 0 Å². The van der Waals surface area contributed by atoms with Crippen LogP contribution in [0.2, 0.25) is 0 Å². The number of hydrogen-bond donors (Lipinski definition) is 0. The van der Waals surface area contributed by atoms with Crippen LogP contribution in [0.5, 0.6) is 0 Å². The number of nitrogens with zero attached hydrogens (tertiary/aromatic N) is 4. The van der Waals surface area contributed by atoms with Gasteiger partial charge in [-0.1, -0.05) is 0 Å². The average Bonchev–Trinajstić information content (AvgIpc) is 2.80. The fourth-order valence-corrected chi connectivity index (χ4v) is 2.14. The average molecular weight is 299 g/mol. The van der Waals surface area contributed by atoms with Gasteiger partial charge in [-0.05, 0) is 40.2 Å². The van der Waals surface area contributed by atoms with E-state index in [0.717, 1.165) is 21.4 Å². The minimum absolute atomic E-state index is 0.420. The molecule has 0 saturated carbocycles. The van der Waals surface area contributed by atoms with Gasteiger partial charge in [-0.25, -0.2) is 9.97 Å². The number of imidazole rings is 1. The Kier molecular flexibility index (Phi) is 2.58. The summed E-state index contributed by atoms with van der Waals surface area (Å²) in [5.41, 5.74) is 3.30. The smallest absolute Gasteiger partial charge is 0.140 e. The van der Waals surface area contributed by atoms with E-state index >= 15 is 0 Å². The Morgan fingerprint density at radius 1 is 1.06 bits per heavy atom. The summed E-state index contributed by atoms with van der Waals surface area (Å²) in [6.07, 6.45) is 5.44. The Morgan fingerprint density at radius 2 is 1.89 bits per heavy atom. The number of nitriles is 1. The van der Waals surface area contributed by atoms with Gasteiger partial charge in [0, 0.05) is 23.5 Å². The molecule has 0 aromatic carbocycles. The van der Waals surface area contributed by atoms with E-state index in [2.05, 4.69) is 25.9 Å². The van der Waals surface area contributed by atoms with Gasteiger partial charge in [-0.3, -0.25) is 4.40 Å². The molecule has 4 nitrogen and oxygen atoms in total. The van der Waals surface area contributed by atoms with Crippen molar-refractivity contribution in [3.05, 3.63) is 53.2 Å². The van der Waals surface area contributed by atoms with Crippen LogP contribution in [0.4, 0.5) is 0 Å². The summed E-state index contributed by atoms with van der Waals surface area (Å²) in [4.78, 5) is 8.30. The van der Waals surface area contributed by atoms with Crippen LogP contribution < -0.4 is 0 Å². The monoisotopic (exact) mass is 298 g/mol. The molecule has 0 N–H and O–H groups in total. The van der Waals surface area contributed by atoms with E-state index in [0.29, 0.717) is 5.69 Å². The van der Waals surface area contributed by atoms with Gasteiger partial charge >= 0.3 is 0 Å². The largest absolute Gasteiger partial charge is 0.294 e. The maximum absolute atomic E-state index is 8.72. The molecule has 0 aliphatic heterocycles. The van der Waals surface area contributed by atoms with Crippen molar-refractivity contribution in [2.24, 2.45) is 0 Å².